The van der Waals surface area contributed by atoms with Crippen LogP contribution in [-0.2, 0) is 6.42 Å². The molecule has 1 atom stereocenters. The topological polar surface area (TPSA) is 53.4 Å². The van der Waals surface area contributed by atoms with E-state index in [1.54, 1.807) is 38.7 Å². The number of benzene rings is 2. The van der Waals surface area contributed by atoms with E-state index < -0.39 is 0 Å². The van der Waals surface area contributed by atoms with Crippen LogP contribution < -0.4 is 9.47 Å². The highest BCUT2D eigenvalue weighted by atomic mass is 16.5. The summed E-state index contributed by atoms with van der Waals surface area (Å²) in [7, 11) is 3.12. The van der Waals surface area contributed by atoms with Gasteiger partial charge in [-0.2, -0.15) is 0 Å². The number of hydrogen-bond donors (Lipinski definition) is 0. The van der Waals surface area contributed by atoms with E-state index in [1.807, 2.05) is 29.0 Å². The van der Waals surface area contributed by atoms with Crippen LogP contribution in [0, 0.1) is 0 Å². The van der Waals surface area contributed by atoms with Crippen LogP contribution in [0.5, 0.6) is 11.5 Å². The minimum atomic E-state index is -0.0106. The van der Waals surface area contributed by atoms with Gasteiger partial charge >= 0.3 is 0 Å². The van der Waals surface area contributed by atoms with Crippen molar-refractivity contribution in [1.82, 2.24) is 9.55 Å². The molecule has 1 aromatic heterocycles. The molecule has 134 valence electrons. The second-order valence-corrected chi connectivity index (χ2v) is 6.07. The summed E-state index contributed by atoms with van der Waals surface area (Å²) in [6.07, 6.45) is 3.94. The number of ether oxygens (including phenoxy) is 2. The van der Waals surface area contributed by atoms with Crippen LogP contribution in [0.3, 0.4) is 0 Å². The molecule has 0 fully saturated rings. The first kappa shape index (κ1) is 17.7. The Bertz CT molecular complexity index is 887. The fraction of sp³-hybridized carbons (Fsp3) is 0.238. The van der Waals surface area contributed by atoms with Gasteiger partial charge in [-0.3, -0.25) is 4.79 Å². The molecule has 0 radical (unpaired) electrons. The molecule has 3 aromatic rings. The molecule has 1 heterocycles. The molecule has 0 N–H and O–H groups in total. The maximum atomic E-state index is 12.6. The van der Waals surface area contributed by atoms with Gasteiger partial charge in [0.05, 0.1) is 38.7 Å². The SMILES string of the molecule is COc1ccc(C(=O)Cc2cn(C(C)c3ccccc3)cn2)cc1OC. The van der Waals surface area contributed by atoms with Gasteiger partial charge in [-0.1, -0.05) is 30.3 Å². The van der Waals surface area contributed by atoms with Gasteiger partial charge in [-0.05, 0) is 30.7 Å². The summed E-state index contributed by atoms with van der Waals surface area (Å²) >= 11 is 0. The van der Waals surface area contributed by atoms with Crippen LogP contribution in [0.1, 0.15) is 34.6 Å². The van der Waals surface area contributed by atoms with Gasteiger partial charge in [0.2, 0.25) is 0 Å². The average molecular weight is 350 g/mol. The van der Waals surface area contributed by atoms with E-state index in [-0.39, 0.29) is 18.2 Å². The first-order valence-electron chi connectivity index (χ1n) is 8.45. The second kappa shape index (κ2) is 7.87. The Morgan fingerprint density at radius 1 is 1.08 bits per heavy atom. The average Bonchev–Trinajstić information content (AvgIpc) is 3.15. The highest BCUT2D eigenvalue weighted by Gasteiger charge is 2.14. The van der Waals surface area contributed by atoms with Crippen molar-refractivity contribution in [3.05, 3.63) is 77.9 Å². The summed E-state index contributed by atoms with van der Waals surface area (Å²) in [4.78, 5) is 17.0. The Hall–Kier alpha value is -3.08. The van der Waals surface area contributed by atoms with E-state index in [2.05, 4.69) is 24.0 Å². The number of aromatic nitrogens is 2. The van der Waals surface area contributed by atoms with Crippen molar-refractivity contribution in [2.24, 2.45) is 0 Å². The molecule has 0 spiro atoms. The lowest BCUT2D eigenvalue weighted by molar-refractivity contribution is 0.0991. The van der Waals surface area contributed by atoms with Gasteiger partial charge in [0.25, 0.3) is 0 Å². The van der Waals surface area contributed by atoms with Gasteiger partial charge in [-0.25, -0.2) is 4.98 Å². The molecule has 5 heteroatoms. The van der Waals surface area contributed by atoms with Crippen molar-refractivity contribution in [1.29, 1.82) is 0 Å². The van der Waals surface area contributed by atoms with Crippen LogP contribution in [0.4, 0.5) is 0 Å². The largest absolute Gasteiger partial charge is 0.493 e. The maximum absolute atomic E-state index is 12.6. The van der Waals surface area contributed by atoms with Crippen molar-refractivity contribution in [3.8, 4) is 11.5 Å². The Balaban J connectivity index is 1.74. The summed E-state index contributed by atoms with van der Waals surface area (Å²) in [5, 5.41) is 0. The molecule has 0 bridgehead atoms. The molecule has 0 saturated carbocycles. The lowest BCUT2D eigenvalue weighted by Gasteiger charge is -2.12. The number of nitrogens with zero attached hydrogens (tertiary/aromatic N) is 2. The standard InChI is InChI=1S/C21H22N2O3/c1-15(16-7-5-4-6-8-16)23-13-18(22-14-23)12-19(24)17-9-10-20(25-2)21(11-17)26-3/h4-11,13-15H,12H2,1-3H3. The van der Waals surface area contributed by atoms with E-state index in [1.165, 1.54) is 5.56 Å². The first-order valence-corrected chi connectivity index (χ1v) is 8.45. The normalized spacial score (nSPS) is 11.8. The predicted octanol–water partition coefficient (Wildman–Crippen LogP) is 3.94. The molecule has 0 aliphatic carbocycles. The fourth-order valence-electron chi connectivity index (χ4n) is 2.86. The number of carbonyl (C=O) groups excluding carboxylic acids is 1. The van der Waals surface area contributed by atoms with Crippen molar-refractivity contribution < 1.29 is 14.3 Å². The number of ketones is 1. The number of rotatable bonds is 7. The molecule has 0 saturated heterocycles. The summed E-state index contributed by atoms with van der Waals surface area (Å²) in [5.41, 5.74) is 2.52. The van der Waals surface area contributed by atoms with Gasteiger partial charge in [-0.15, -0.1) is 0 Å². The van der Waals surface area contributed by atoms with Gasteiger partial charge in [0.15, 0.2) is 17.3 Å². The lowest BCUT2D eigenvalue weighted by Crippen LogP contribution is -2.06. The van der Waals surface area contributed by atoms with E-state index in [0.29, 0.717) is 17.1 Å². The van der Waals surface area contributed by atoms with E-state index in [9.17, 15) is 4.79 Å². The molecular weight excluding hydrogens is 328 g/mol. The Labute approximate surface area is 153 Å². The van der Waals surface area contributed by atoms with Crippen molar-refractivity contribution in [2.45, 2.75) is 19.4 Å². The highest BCUT2D eigenvalue weighted by molar-refractivity contribution is 5.97. The zero-order valence-corrected chi connectivity index (χ0v) is 15.2. The first-order chi connectivity index (χ1) is 12.6. The molecule has 0 amide bonds. The minimum absolute atomic E-state index is 0.0106. The zero-order valence-electron chi connectivity index (χ0n) is 15.2. The third kappa shape index (κ3) is 3.77. The Morgan fingerprint density at radius 2 is 1.81 bits per heavy atom. The van der Waals surface area contributed by atoms with Crippen LogP contribution in [-0.4, -0.2) is 29.6 Å². The summed E-state index contributed by atoms with van der Waals surface area (Å²) in [6.45, 7) is 2.11. The van der Waals surface area contributed by atoms with E-state index >= 15 is 0 Å². The van der Waals surface area contributed by atoms with E-state index in [0.717, 1.165) is 5.69 Å². The highest BCUT2D eigenvalue weighted by Crippen LogP contribution is 2.28. The third-order valence-corrected chi connectivity index (χ3v) is 4.43. The van der Waals surface area contributed by atoms with Crippen LogP contribution in [0.2, 0.25) is 0 Å². The van der Waals surface area contributed by atoms with Crippen molar-refractivity contribution >= 4 is 5.78 Å². The summed E-state index contributed by atoms with van der Waals surface area (Å²) < 4.78 is 12.5. The number of carbonyl (C=O) groups is 1. The molecule has 0 aliphatic rings. The number of methoxy groups -OCH3 is 2. The number of hydrogen-bond acceptors (Lipinski definition) is 4. The zero-order chi connectivity index (χ0) is 18.5. The maximum Gasteiger partial charge on any atom is 0.169 e. The predicted molar refractivity (Wildman–Crippen MR) is 100 cm³/mol. The van der Waals surface area contributed by atoms with Crippen LogP contribution >= 0.6 is 0 Å². The number of imidazole rings is 1. The van der Waals surface area contributed by atoms with Gasteiger partial charge in [0.1, 0.15) is 0 Å². The minimum Gasteiger partial charge on any atom is -0.493 e. The van der Waals surface area contributed by atoms with Crippen LogP contribution in [0.15, 0.2) is 61.1 Å². The Morgan fingerprint density at radius 3 is 2.50 bits per heavy atom. The van der Waals surface area contributed by atoms with Gasteiger partial charge < -0.3 is 14.0 Å². The monoisotopic (exact) mass is 350 g/mol. The fourth-order valence-corrected chi connectivity index (χ4v) is 2.86. The second-order valence-electron chi connectivity index (χ2n) is 6.07. The van der Waals surface area contributed by atoms with Crippen LogP contribution in [0.25, 0.3) is 0 Å². The van der Waals surface area contributed by atoms with Gasteiger partial charge in [0, 0.05) is 11.8 Å². The van der Waals surface area contributed by atoms with Crippen molar-refractivity contribution in [2.75, 3.05) is 14.2 Å². The quantitative estimate of drug-likeness (QED) is 0.606. The molecule has 5 nitrogen and oxygen atoms in total. The smallest absolute Gasteiger partial charge is 0.169 e. The molecular formula is C21H22N2O3. The molecule has 1 unspecified atom stereocenters. The number of Topliss-reactive ketones (excluding diaryl/α,β-unsaturated/α-hetero) is 1. The summed E-state index contributed by atoms with van der Waals surface area (Å²) in [5.74, 6) is 1.13. The lowest BCUT2D eigenvalue weighted by atomic mass is 10.1. The molecule has 2 aromatic carbocycles. The van der Waals surface area contributed by atoms with Crippen molar-refractivity contribution in [3.63, 3.8) is 0 Å². The van der Waals surface area contributed by atoms with E-state index in [4.69, 9.17) is 9.47 Å². The molecule has 0 aliphatic heterocycles. The third-order valence-electron chi connectivity index (χ3n) is 4.43. The molecule has 3 rings (SSSR count). The summed E-state index contributed by atoms with van der Waals surface area (Å²) in [6, 6.07) is 15.5. The molecule has 26 heavy (non-hydrogen) atoms. The Kier molecular flexibility index (Phi) is 5.37.